The average molecular weight is 291 g/mol. The van der Waals surface area contributed by atoms with Crippen molar-refractivity contribution >= 4 is 34.1 Å². The molecule has 5 nitrogen and oxygen atoms in total. The lowest BCUT2D eigenvalue weighted by Gasteiger charge is -1.99. The normalized spacial score (nSPS) is 9.62. The molecule has 0 heterocycles. The number of nitrogens with zero attached hydrogens (tertiary/aromatic N) is 1. The van der Waals surface area contributed by atoms with Crippen molar-refractivity contribution in [1.29, 1.82) is 5.41 Å². The number of nitrogens with two attached hydrogens (primary N) is 1. The Kier molecular flexibility index (Phi) is 2.81. The van der Waals surface area contributed by atoms with Crippen LogP contribution in [0.15, 0.2) is 18.2 Å². The van der Waals surface area contributed by atoms with E-state index in [9.17, 15) is 10.1 Å². The second kappa shape index (κ2) is 3.69. The quantitative estimate of drug-likeness (QED) is 0.284. The zero-order valence-electron chi connectivity index (χ0n) is 6.45. The van der Waals surface area contributed by atoms with Gasteiger partial charge in [-0.25, -0.2) is 0 Å². The van der Waals surface area contributed by atoms with Crippen molar-refractivity contribution in [1.82, 2.24) is 0 Å². The van der Waals surface area contributed by atoms with E-state index in [-0.39, 0.29) is 11.5 Å². The van der Waals surface area contributed by atoms with Gasteiger partial charge in [-0.15, -0.1) is 0 Å². The van der Waals surface area contributed by atoms with Crippen LogP contribution in [0.3, 0.4) is 0 Å². The summed E-state index contributed by atoms with van der Waals surface area (Å²) in [6.07, 6.45) is 0. The van der Waals surface area contributed by atoms with Crippen LogP contribution in [0.1, 0.15) is 5.56 Å². The predicted molar refractivity (Wildman–Crippen MR) is 56.8 cm³/mol. The van der Waals surface area contributed by atoms with Crippen molar-refractivity contribution in [2.24, 2.45) is 5.73 Å². The van der Waals surface area contributed by atoms with Gasteiger partial charge < -0.3 is 5.73 Å². The Morgan fingerprint density at radius 3 is 2.62 bits per heavy atom. The highest BCUT2D eigenvalue weighted by Gasteiger charge is 2.09. The van der Waals surface area contributed by atoms with Gasteiger partial charge in [-0.1, -0.05) is 0 Å². The third-order valence-corrected chi connectivity index (χ3v) is 2.03. The standard InChI is InChI=1S/C7H6IN3O2/c8-5-1-4(7(9)10)2-6(3-5)11(12)13/h1-3H,(H3,9,10). The van der Waals surface area contributed by atoms with Crippen LogP contribution in [0, 0.1) is 19.1 Å². The fraction of sp³-hybridized carbons (Fsp3) is 0. The van der Waals surface area contributed by atoms with E-state index < -0.39 is 4.92 Å². The minimum atomic E-state index is -0.505. The molecule has 0 fully saturated rings. The van der Waals surface area contributed by atoms with Gasteiger partial charge in [-0.2, -0.15) is 0 Å². The molecule has 3 N–H and O–H groups in total. The van der Waals surface area contributed by atoms with Crippen molar-refractivity contribution in [2.45, 2.75) is 0 Å². The average Bonchev–Trinajstić information content (AvgIpc) is 2.03. The van der Waals surface area contributed by atoms with Crippen molar-refractivity contribution in [3.8, 4) is 0 Å². The first-order valence-electron chi connectivity index (χ1n) is 3.30. The van der Waals surface area contributed by atoms with E-state index in [0.29, 0.717) is 9.13 Å². The second-order valence-corrected chi connectivity index (χ2v) is 3.61. The molecule has 0 aliphatic heterocycles. The molecule has 0 amide bonds. The van der Waals surface area contributed by atoms with Crippen LogP contribution in [0.5, 0.6) is 0 Å². The van der Waals surface area contributed by atoms with Crippen LogP contribution in [-0.4, -0.2) is 10.8 Å². The fourth-order valence-electron chi connectivity index (χ4n) is 0.835. The van der Waals surface area contributed by atoms with Crippen LogP contribution < -0.4 is 5.73 Å². The Morgan fingerprint density at radius 2 is 2.15 bits per heavy atom. The zero-order valence-corrected chi connectivity index (χ0v) is 8.61. The molecule has 6 heteroatoms. The molecule has 0 bridgehead atoms. The molecule has 0 saturated heterocycles. The Labute approximate surface area is 87.7 Å². The first kappa shape index (κ1) is 9.90. The van der Waals surface area contributed by atoms with Gasteiger partial charge in [0, 0.05) is 21.3 Å². The molecule has 0 radical (unpaired) electrons. The van der Waals surface area contributed by atoms with E-state index in [1.165, 1.54) is 12.1 Å². The maximum atomic E-state index is 10.4. The zero-order chi connectivity index (χ0) is 10.0. The molecule has 0 aliphatic rings. The van der Waals surface area contributed by atoms with E-state index in [1.54, 1.807) is 6.07 Å². The van der Waals surface area contributed by atoms with Gasteiger partial charge in [0.1, 0.15) is 5.84 Å². The largest absolute Gasteiger partial charge is 0.384 e. The number of hydrogen-bond acceptors (Lipinski definition) is 3. The van der Waals surface area contributed by atoms with E-state index in [0.717, 1.165) is 0 Å². The lowest BCUT2D eigenvalue weighted by Crippen LogP contribution is -2.11. The highest BCUT2D eigenvalue weighted by atomic mass is 127. The van der Waals surface area contributed by atoms with E-state index in [4.69, 9.17) is 11.1 Å². The Morgan fingerprint density at radius 1 is 1.54 bits per heavy atom. The molecule has 1 aromatic rings. The molecule has 13 heavy (non-hydrogen) atoms. The molecular weight excluding hydrogens is 285 g/mol. The second-order valence-electron chi connectivity index (χ2n) is 2.37. The van der Waals surface area contributed by atoms with Gasteiger partial charge >= 0.3 is 0 Å². The fourth-order valence-corrected chi connectivity index (χ4v) is 1.49. The molecular formula is C7H6IN3O2. The highest BCUT2D eigenvalue weighted by Crippen LogP contribution is 2.18. The minimum absolute atomic E-state index is 0.0444. The predicted octanol–water partition coefficient (Wildman–Crippen LogP) is 1.48. The molecule has 1 aromatic carbocycles. The number of rotatable bonds is 2. The number of nitrogens with one attached hydrogen (secondary N) is 1. The van der Waals surface area contributed by atoms with Crippen LogP contribution in [0.4, 0.5) is 5.69 Å². The lowest BCUT2D eigenvalue weighted by atomic mass is 10.2. The smallest absolute Gasteiger partial charge is 0.271 e. The van der Waals surface area contributed by atoms with Crippen LogP contribution >= 0.6 is 22.6 Å². The summed E-state index contributed by atoms with van der Waals surface area (Å²) in [5.74, 6) is -0.165. The van der Waals surface area contributed by atoms with Gasteiger partial charge in [0.2, 0.25) is 0 Å². The van der Waals surface area contributed by atoms with Crippen LogP contribution in [-0.2, 0) is 0 Å². The summed E-state index contributed by atoms with van der Waals surface area (Å²) in [5, 5.41) is 17.5. The maximum absolute atomic E-state index is 10.4. The van der Waals surface area contributed by atoms with Crippen molar-refractivity contribution in [3.63, 3.8) is 0 Å². The number of non-ortho nitro benzene ring substituents is 1. The third kappa shape index (κ3) is 2.38. The summed E-state index contributed by atoms with van der Waals surface area (Å²) in [4.78, 5) is 9.91. The van der Waals surface area contributed by atoms with E-state index >= 15 is 0 Å². The number of halogens is 1. The first-order valence-corrected chi connectivity index (χ1v) is 4.38. The van der Waals surface area contributed by atoms with Crippen LogP contribution in [0.2, 0.25) is 0 Å². The highest BCUT2D eigenvalue weighted by molar-refractivity contribution is 14.1. The number of nitro benzene ring substituents is 1. The summed E-state index contributed by atoms with van der Waals surface area (Å²) < 4.78 is 0.692. The SMILES string of the molecule is N=C(N)c1cc(I)cc([N+](=O)[O-])c1. The minimum Gasteiger partial charge on any atom is -0.384 e. The first-order chi connectivity index (χ1) is 6.00. The van der Waals surface area contributed by atoms with Gasteiger partial charge in [0.05, 0.1) is 4.92 Å². The maximum Gasteiger partial charge on any atom is 0.271 e. The monoisotopic (exact) mass is 291 g/mol. The molecule has 0 saturated carbocycles. The van der Waals surface area contributed by atoms with Crippen molar-refractivity contribution in [2.75, 3.05) is 0 Å². The molecule has 0 aliphatic carbocycles. The van der Waals surface area contributed by atoms with E-state index in [2.05, 4.69) is 0 Å². The lowest BCUT2D eigenvalue weighted by molar-refractivity contribution is -0.385. The molecule has 0 atom stereocenters. The summed E-state index contributed by atoms with van der Waals surface area (Å²) >= 11 is 1.94. The third-order valence-electron chi connectivity index (χ3n) is 1.40. The van der Waals surface area contributed by atoms with Gasteiger partial charge in [-0.3, -0.25) is 15.5 Å². The number of nitrogen functional groups attached to an aromatic ring is 1. The van der Waals surface area contributed by atoms with Gasteiger partial charge in [-0.05, 0) is 28.7 Å². The Hall–Kier alpha value is -1.18. The van der Waals surface area contributed by atoms with Gasteiger partial charge in [0.15, 0.2) is 0 Å². The number of benzene rings is 1. The number of hydrogen-bond donors (Lipinski definition) is 2. The summed E-state index contributed by atoms with van der Waals surface area (Å²) in [6, 6.07) is 4.33. The Balaban J connectivity index is 3.26. The summed E-state index contributed by atoms with van der Waals surface area (Å²) in [5.41, 5.74) is 5.54. The molecule has 0 spiro atoms. The molecule has 0 unspecified atom stereocenters. The number of amidine groups is 1. The Bertz CT molecular complexity index is 346. The van der Waals surface area contributed by atoms with E-state index in [1.807, 2.05) is 22.6 Å². The van der Waals surface area contributed by atoms with Crippen LogP contribution in [0.25, 0.3) is 0 Å². The molecule has 68 valence electrons. The van der Waals surface area contributed by atoms with Gasteiger partial charge in [0.25, 0.3) is 5.69 Å². The summed E-state index contributed by atoms with van der Waals surface area (Å²) in [6.45, 7) is 0. The summed E-state index contributed by atoms with van der Waals surface area (Å²) in [7, 11) is 0. The molecule has 0 aromatic heterocycles. The topological polar surface area (TPSA) is 93.0 Å². The van der Waals surface area contributed by atoms with Crippen molar-refractivity contribution in [3.05, 3.63) is 37.4 Å². The number of nitro groups is 1. The van der Waals surface area contributed by atoms with Crippen molar-refractivity contribution < 1.29 is 4.92 Å². The molecule has 1 rings (SSSR count).